The molecule has 1 rings (SSSR count). The molecular formula is C11H15N3O3. The number of hydroxylamine groups is 2. The summed E-state index contributed by atoms with van der Waals surface area (Å²) in [4.78, 5) is 27.4. The number of hydrogen-bond acceptors (Lipinski definition) is 3. The number of nitrogens with zero attached hydrogens (tertiary/aromatic N) is 1. The van der Waals surface area contributed by atoms with Gasteiger partial charge in [0.1, 0.15) is 6.54 Å². The quantitative estimate of drug-likeness (QED) is 0.762. The van der Waals surface area contributed by atoms with Crippen molar-refractivity contribution in [3.63, 3.8) is 0 Å². The summed E-state index contributed by atoms with van der Waals surface area (Å²) in [5, 5.41) is 6.06. The Kier molecular flexibility index (Phi) is 4.96. The van der Waals surface area contributed by atoms with Gasteiger partial charge in [0.2, 0.25) is 0 Å². The Morgan fingerprint density at radius 1 is 1.29 bits per heavy atom. The molecule has 0 fully saturated rings. The molecule has 0 saturated heterocycles. The lowest BCUT2D eigenvalue weighted by Gasteiger charge is -2.14. The van der Waals surface area contributed by atoms with Crippen LogP contribution in [0.25, 0.3) is 0 Å². The number of hydrogen-bond donors (Lipinski definition) is 2. The Hall–Kier alpha value is -2.08. The van der Waals surface area contributed by atoms with Gasteiger partial charge in [-0.05, 0) is 12.1 Å². The van der Waals surface area contributed by atoms with E-state index in [1.807, 2.05) is 6.07 Å². The van der Waals surface area contributed by atoms with Gasteiger partial charge < -0.3 is 10.6 Å². The van der Waals surface area contributed by atoms with Gasteiger partial charge in [0.05, 0.1) is 7.11 Å². The van der Waals surface area contributed by atoms with E-state index in [4.69, 9.17) is 0 Å². The second-order valence-electron chi connectivity index (χ2n) is 3.25. The van der Waals surface area contributed by atoms with Gasteiger partial charge in [-0.2, -0.15) is 0 Å². The monoisotopic (exact) mass is 237 g/mol. The number of anilines is 1. The van der Waals surface area contributed by atoms with E-state index in [2.05, 4.69) is 15.5 Å². The van der Waals surface area contributed by atoms with E-state index in [1.54, 1.807) is 24.3 Å². The van der Waals surface area contributed by atoms with Crippen LogP contribution in [-0.2, 0) is 9.63 Å². The summed E-state index contributed by atoms with van der Waals surface area (Å²) in [6.45, 7) is -0.122. The molecule has 0 bridgehead atoms. The molecule has 0 aliphatic rings. The van der Waals surface area contributed by atoms with E-state index in [0.717, 1.165) is 5.06 Å². The van der Waals surface area contributed by atoms with Crippen LogP contribution in [0.4, 0.5) is 10.5 Å². The molecule has 92 valence electrons. The Morgan fingerprint density at radius 3 is 2.53 bits per heavy atom. The molecular weight excluding hydrogens is 222 g/mol. The van der Waals surface area contributed by atoms with Gasteiger partial charge in [-0.3, -0.25) is 9.63 Å². The zero-order valence-corrected chi connectivity index (χ0v) is 9.77. The molecule has 2 N–H and O–H groups in total. The highest BCUT2D eigenvalue weighted by atomic mass is 16.7. The Labute approximate surface area is 99.5 Å². The topological polar surface area (TPSA) is 70.7 Å². The molecule has 6 heteroatoms. The van der Waals surface area contributed by atoms with Crippen LogP contribution < -0.4 is 10.6 Å². The first-order valence-electron chi connectivity index (χ1n) is 5.04. The van der Waals surface area contributed by atoms with Crippen LogP contribution in [0.1, 0.15) is 0 Å². The van der Waals surface area contributed by atoms with Crippen LogP contribution in [0.5, 0.6) is 0 Å². The first-order chi connectivity index (χ1) is 8.13. The SMILES string of the molecule is CON(C)C(=O)CNC(=O)Nc1ccccc1. The molecule has 0 spiro atoms. The summed E-state index contributed by atoms with van der Waals surface area (Å²) in [6.07, 6.45) is 0. The molecule has 3 amide bonds. The fourth-order valence-corrected chi connectivity index (χ4v) is 1.07. The van der Waals surface area contributed by atoms with Gasteiger partial charge in [-0.25, -0.2) is 9.86 Å². The van der Waals surface area contributed by atoms with E-state index in [9.17, 15) is 9.59 Å². The summed E-state index contributed by atoms with van der Waals surface area (Å²) in [6, 6.07) is 8.53. The molecule has 0 atom stereocenters. The van der Waals surface area contributed by atoms with Crippen molar-refractivity contribution in [3.05, 3.63) is 30.3 Å². The van der Waals surface area contributed by atoms with Crippen molar-refractivity contribution < 1.29 is 14.4 Å². The highest BCUT2D eigenvalue weighted by Crippen LogP contribution is 2.03. The molecule has 0 aliphatic heterocycles. The fourth-order valence-electron chi connectivity index (χ4n) is 1.07. The maximum atomic E-state index is 11.4. The summed E-state index contributed by atoms with van der Waals surface area (Å²) < 4.78 is 0. The standard InChI is InChI=1S/C11H15N3O3/c1-14(17-2)10(15)8-12-11(16)13-9-6-4-3-5-7-9/h3-7H,8H2,1-2H3,(H2,12,13,16). The third-order valence-electron chi connectivity index (χ3n) is 2.06. The van der Waals surface area contributed by atoms with E-state index in [-0.39, 0.29) is 12.5 Å². The minimum absolute atomic E-state index is 0.122. The van der Waals surface area contributed by atoms with Crippen molar-refractivity contribution in [1.82, 2.24) is 10.4 Å². The highest BCUT2D eigenvalue weighted by molar-refractivity contribution is 5.91. The number of carbonyl (C=O) groups excluding carboxylic acids is 2. The number of para-hydroxylation sites is 1. The molecule has 1 aromatic carbocycles. The molecule has 0 aliphatic carbocycles. The van der Waals surface area contributed by atoms with Gasteiger partial charge in [0.15, 0.2) is 0 Å². The molecule has 1 aromatic rings. The predicted molar refractivity (Wildman–Crippen MR) is 63.2 cm³/mol. The van der Waals surface area contributed by atoms with Crippen LogP contribution in [0, 0.1) is 0 Å². The minimum Gasteiger partial charge on any atom is -0.329 e. The van der Waals surface area contributed by atoms with E-state index in [1.165, 1.54) is 14.2 Å². The molecule has 0 saturated carbocycles. The van der Waals surface area contributed by atoms with E-state index in [0.29, 0.717) is 5.69 Å². The maximum Gasteiger partial charge on any atom is 0.319 e. The first-order valence-corrected chi connectivity index (χ1v) is 5.04. The lowest BCUT2D eigenvalue weighted by Crippen LogP contribution is -2.39. The lowest BCUT2D eigenvalue weighted by molar-refractivity contribution is -0.167. The second-order valence-corrected chi connectivity index (χ2v) is 3.25. The summed E-state index contributed by atoms with van der Waals surface area (Å²) in [5.41, 5.74) is 0.664. The van der Waals surface area contributed by atoms with Crippen LogP contribution in [-0.4, -0.2) is 37.7 Å². The van der Waals surface area contributed by atoms with Gasteiger partial charge in [-0.15, -0.1) is 0 Å². The largest absolute Gasteiger partial charge is 0.329 e. The first kappa shape index (κ1) is 13.0. The average Bonchev–Trinajstić information content (AvgIpc) is 2.36. The normalized spacial score (nSPS) is 9.53. The molecule has 0 unspecified atom stereocenters. The average molecular weight is 237 g/mol. The Morgan fingerprint density at radius 2 is 1.94 bits per heavy atom. The Balaban J connectivity index is 2.34. The zero-order valence-electron chi connectivity index (χ0n) is 9.77. The molecule has 17 heavy (non-hydrogen) atoms. The number of urea groups is 1. The number of carbonyl (C=O) groups is 2. The highest BCUT2D eigenvalue weighted by Gasteiger charge is 2.09. The second kappa shape index (κ2) is 6.49. The number of amides is 3. The number of benzene rings is 1. The summed E-state index contributed by atoms with van der Waals surface area (Å²) in [5.74, 6) is -0.337. The van der Waals surface area contributed by atoms with Crippen LogP contribution in [0.2, 0.25) is 0 Å². The van der Waals surface area contributed by atoms with Crippen molar-refractivity contribution in [2.75, 3.05) is 26.0 Å². The van der Waals surface area contributed by atoms with Crippen LogP contribution >= 0.6 is 0 Å². The zero-order chi connectivity index (χ0) is 12.7. The Bertz CT molecular complexity index is 381. The third-order valence-corrected chi connectivity index (χ3v) is 2.06. The van der Waals surface area contributed by atoms with Crippen LogP contribution in [0.3, 0.4) is 0 Å². The molecule has 0 radical (unpaired) electrons. The summed E-state index contributed by atoms with van der Waals surface area (Å²) in [7, 11) is 2.85. The lowest BCUT2D eigenvalue weighted by atomic mass is 10.3. The van der Waals surface area contributed by atoms with Gasteiger partial charge in [-0.1, -0.05) is 18.2 Å². The van der Waals surface area contributed by atoms with Gasteiger partial charge in [0, 0.05) is 12.7 Å². The van der Waals surface area contributed by atoms with Crippen LogP contribution in [0.15, 0.2) is 30.3 Å². The van der Waals surface area contributed by atoms with Crippen molar-refractivity contribution >= 4 is 17.6 Å². The van der Waals surface area contributed by atoms with Gasteiger partial charge >= 0.3 is 6.03 Å². The fraction of sp³-hybridized carbons (Fsp3) is 0.273. The minimum atomic E-state index is -0.436. The van der Waals surface area contributed by atoms with E-state index < -0.39 is 6.03 Å². The summed E-state index contributed by atoms with van der Waals surface area (Å²) >= 11 is 0. The smallest absolute Gasteiger partial charge is 0.319 e. The van der Waals surface area contributed by atoms with Crippen molar-refractivity contribution in [2.45, 2.75) is 0 Å². The molecule has 0 heterocycles. The predicted octanol–water partition coefficient (Wildman–Crippen LogP) is 0.828. The molecule has 6 nitrogen and oxygen atoms in total. The van der Waals surface area contributed by atoms with Gasteiger partial charge in [0.25, 0.3) is 5.91 Å². The third kappa shape index (κ3) is 4.52. The molecule has 0 aromatic heterocycles. The van der Waals surface area contributed by atoms with Crippen molar-refractivity contribution in [2.24, 2.45) is 0 Å². The number of nitrogens with one attached hydrogen (secondary N) is 2. The maximum absolute atomic E-state index is 11.4. The van der Waals surface area contributed by atoms with E-state index >= 15 is 0 Å². The van der Waals surface area contributed by atoms with Crippen molar-refractivity contribution in [3.8, 4) is 0 Å². The van der Waals surface area contributed by atoms with Crippen molar-refractivity contribution in [1.29, 1.82) is 0 Å². The number of likely N-dealkylation sites (N-methyl/N-ethyl adjacent to an activating group) is 1. The number of rotatable bonds is 4.